The van der Waals surface area contributed by atoms with Gasteiger partial charge < -0.3 is 10.6 Å². The molecule has 132 valence electrons. The molecule has 6 nitrogen and oxygen atoms in total. The second kappa shape index (κ2) is 6.70. The second-order valence-electron chi connectivity index (χ2n) is 6.78. The van der Waals surface area contributed by atoms with E-state index in [1.165, 1.54) is 0 Å². The first-order valence-corrected chi connectivity index (χ1v) is 8.55. The molecule has 1 aromatic carbocycles. The maximum atomic E-state index is 12.8. The van der Waals surface area contributed by atoms with Crippen LogP contribution in [0.5, 0.6) is 0 Å². The van der Waals surface area contributed by atoms with Gasteiger partial charge >= 0.3 is 0 Å². The first kappa shape index (κ1) is 17.2. The van der Waals surface area contributed by atoms with E-state index in [9.17, 15) is 9.59 Å². The minimum atomic E-state index is -0.441. The number of aromatic nitrogens is 2. The van der Waals surface area contributed by atoms with Crippen molar-refractivity contribution < 1.29 is 9.59 Å². The van der Waals surface area contributed by atoms with Gasteiger partial charge in [-0.2, -0.15) is 5.10 Å². The first-order chi connectivity index (χ1) is 11.9. The summed E-state index contributed by atoms with van der Waals surface area (Å²) in [6.07, 6.45) is 0.901. The number of anilines is 1. The van der Waals surface area contributed by atoms with E-state index in [0.717, 1.165) is 34.6 Å². The Balaban J connectivity index is 1.73. The lowest BCUT2D eigenvalue weighted by Gasteiger charge is -2.26. The number of hydrogen-bond acceptors (Lipinski definition) is 3. The molecule has 0 radical (unpaired) electrons. The minimum absolute atomic E-state index is 0.0359. The molecule has 0 bridgehead atoms. The zero-order valence-corrected chi connectivity index (χ0v) is 15.1. The lowest BCUT2D eigenvalue weighted by Crippen LogP contribution is -2.40. The summed E-state index contributed by atoms with van der Waals surface area (Å²) in [5.41, 5.74) is 4.87. The third-order valence-corrected chi connectivity index (χ3v) is 4.87. The van der Waals surface area contributed by atoms with Crippen molar-refractivity contribution in [2.75, 3.05) is 5.32 Å². The van der Waals surface area contributed by atoms with E-state index in [1.807, 2.05) is 56.8 Å². The molecule has 6 heteroatoms. The topological polar surface area (TPSA) is 76.0 Å². The highest BCUT2D eigenvalue weighted by Crippen LogP contribution is 2.32. The maximum absolute atomic E-state index is 12.8. The summed E-state index contributed by atoms with van der Waals surface area (Å²) >= 11 is 0. The number of rotatable bonds is 4. The summed E-state index contributed by atoms with van der Waals surface area (Å²) in [5.74, 6) is -0.664. The zero-order chi connectivity index (χ0) is 18.1. The number of nitrogens with zero attached hydrogens (tertiary/aromatic N) is 2. The number of aryl methyl sites for hydroxylation is 2. The molecule has 2 aromatic rings. The summed E-state index contributed by atoms with van der Waals surface area (Å²) in [6, 6.07) is 7.45. The highest BCUT2D eigenvalue weighted by atomic mass is 16.2. The molecule has 1 aromatic heterocycles. The molecule has 2 atom stereocenters. The van der Waals surface area contributed by atoms with E-state index in [4.69, 9.17) is 0 Å². The van der Waals surface area contributed by atoms with Crippen molar-refractivity contribution in [1.29, 1.82) is 0 Å². The van der Waals surface area contributed by atoms with Crippen molar-refractivity contribution >= 4 is 17.5 Å². The summed E-state index contributed by atoms with van der Waals surface area (Å²) in [7, 11) is 1.92. The number of carbonyl (C=O) groups excluding carboxylic acids is 2. The van der Waals surface area contributed by atoms with Crippen LogP contribution in [0.25, 0.3) is 0 Å². The fourth-order valence-corrected chi connectivity index (χ4v) is 3.46. The van der Waals surface area contributed by atoms with Crippen LogP contribution in [0.1, 0.15) is 41.8 Å². The normalized spacial score (nSPS) is 17.6. The number of para-hydroxylation sites is 1. The molecular formula is C19H24N4O2. The third kappa shape index (κ3) is 3.43. The van der Waals surface area contributed by atoms with Crippen molar-refractivity contribution in [2.45, 2.75) is 45.6 Å². The molecule has 1 aliphatic rings. The zero-order valence-electron chi connectivity index (χ0n) is 15.1. The van der Waals surface area contributed by atoms with Gasteiger partial charge in [0.25, 0.3) is 0 Å². The summed E-state index contributed by atoms with van der Waals surface area (Å²) in [5, 5.41) is 10.3. The molecular weight excluding hydrogens is 316 g/mol. The van der Waals surface area contributed by atoms with Crippen LogP contribution in [-0.4, -0.2) is 27.6 Å². The summed E-state index contributed by atoms with van der Waals surface area (Å²) < 4.78 is 1.86. The number of nitrogens with one attached hydrogen (secondary N) is 2. The van der Waals surface area contributed by atoms with Crippen molar-refractivity contribution in [3.63, 3.8) is 0 Å². The van der Waals surface area contributed by atoms with E-state index in [0.29, 0.717) is 0 Å². The van der Waals surface area contributed by atoms with Crippen molar-refractivity contribution in [3.05, 3.63) is 46.8 Å². The molecule has 2 N–H and O–H groups in total. The van der Waals surface area contributed by atoms with Gasteiger partial charge in [0.15, 0.2) is 0 Å². The Morgan fingerprint density at radius 3 is 2.80 bits per heavy atom. The molecule has 0 fully saturated rings. The molecule has 3 rings (SSSR count). The van der Waals surface area contributed by atoms with Gasteiger partial charge in [-0.15, -0.1) is 0 Å². The highest BCUT2D eigenvalue weighted by molar-refractivity contribution is 6.01. The molecule has 2 heterocycles. The van der Waals surface area contributed by atoms with Gasteiger partial charge in [-0.05, 0) is 44.4 Å². The predicted octanol–water partition coefficient (Wildman–Crippen LogP) is 2.21. The Morgan fingerprint density at radius 2 is 2.12 bits per heavy atom. The molecule has 0 spiro atoms. The number of benzene rings is 1. The monoisotopic (exact) mass is 340 g/mol. The minimum Gasteiger partial charge on any atom is -0.353 e. The van der Waals surface area contributed by atoms with Gasteiger partial charge in [0.2, 0.25) is 11.8 Å². The van der Waals surface area contributed by atoms with Gasteiger partial charge in [0, 0.05) is 30.9 Å². The third-order valence-electron chi connectivity index (χ3n) is 4.87. The SMILES string of the molecule is Cc1nn(C)c(C)c1C[C@H](C)NC(=O)[C@H]1CC(=O)Nc2ccccc21. The number of amides is 2. The Morgan fingerprint density at radius 1 is 1.40 bits per heavy atom. The maximum Gasteiger partial charge on any atom is 0.228 e. The fourth-order valence-electron chi connectivity index (χ4n) is 3.46. The number of hydrogen-bond donors (Lipinski definition) is 2. The van der Waals surface area contributed by atoms with Crippen LogP contribution in [0.4, 0.5) is 5.69 Å². The van der Waals surface area contributed by atoms with Gasteiger partial charge in [0.05, 0.1) is 11.6 Å². The Bertz CT molecular complexity index is 825. The second-order valence-corrected chi connectivity index (χ2v) is 6.78. The van der Waals surface area contributed by atoms with Crippen molar-refractivity contribution in [1.82, 2.24) is 15.1 Å². The molecule has 25 heavy (non-hydrogen) atoms. The van der Waals surface area contributed by atoms with Crippen LogP contribution in [0, 0.1) is 13.8 Å². The highest BCUT2D eigenvalue weighted by Gasteiger charge is 2.31. The quantitative estimate of drug-likeness (QED) is 0.896. The van der Waals surface area contributed by atoms with E-state index >= 15 is 0 Å². The van der Waals surface area contributed by atoms with Crippen LogP contribution in [0.3, 0.4) is 0 Å². The average molecular weight is 340 g/mol. The van der Waals surface area contributed by atoms with E-state index in [-0.39, 0.29) is 24.3 Å². The van der Waals surface area contributed by atoms with Crippen LogP contribution in [-0.2, 0) is 23.1 Å². The van der Waals surface area contributed by atoms with E-state index < -0.39 is 5.92 Å². The molecule has 1 aliphatic heterocycles. The fraction of sp³-hybridized carbons (Fsp3) is 0.421. The largest absolute Gasteiger partial charge is 0.353 e. The van der Waals surface area contributed by atoms with Crippen LogP contribution >= 0.6 is 0 Å². The molecule has 2 amide bonds. The number of fused-ring (bicyclic) bond motifs is 1. The van der Waals surface area contributed by atoms with E-state index in [2.05, 4.69) is 15.7 Å². The summed E-state index contributed by atoms with van der Waals surface area (Å²) in [6.45, 7) is 6.00. The number of carbonyl (C=O) groups is 2. The van der Waals surface area contributed by atoms with Gasteiger partial charge in [0.1, 0.15) is 0 Å². The Labute approximate surface area is 147 Å². The smallest absolute Gasteiger partial charge is 0.228 e. The Kier molecular flexibility index (Phi) is 4.61. The predicted molar refractivity (Wildman–Crippen MR) is 96.4 cm³/mol. The lowest BCUT2D eigenvalue weighted by atomic mass is 9.89. The Hall–Kier alpha value is -2.63. The first-order valence-electron chi connectivity index (χ1n) is 8.55. The molecule has 0 unspecified atom stereocenters. The van der Waals surface area contributed by atoms with Crippen molar-refractivity contribution in [3.8, 4) is 0 Å². The van der Waals surface area contributed by atoms with Gasteiger partial charge in [-0.1, -0.05) is 18.2 Å². The molecule has 0 saturated heterocycles. The standard InChI is InChI=1S/C19H24N4O2/c1-11(9-15-12(2)22-23(4)13(15)3)20-19(25)16-10-18(24)21-17-8-6-5-7-14(16)17/h5-8,11,16H,9-10H2,1-4H3,(H,20,25)(H,21,24)/t11-,16-/m0/s1. The van der Waals surface area contributed by atoms with Gasteiger partial charge in [-0.25, -0.2) is 0 Å². The molecule has 0 saturated carbocycles. The van der Waals surface area contributed by atoms with Crippen molar-refractivity contribution in [2.24, 2.45) is 7.05 Å². The van der Waals surface area contributed by atoms with Crippen LogP contribution < -0.4 is 10.6 Å². The van der Waals surface area contributed by atoms with Crippen LogP contribution in [0.2, 0.25) is 0 Å². The van der Waals surface area contributed by atoms with Gasteiger partial charge in [-0.3, -0.25) is 14.3 Å². The average Bonchev–Trinajstić information content (AvgIpc) is 2.80. The van der Waals surface area contributed by atoms with Crippen LogP contribution in [0.15, 0.2) is 24.3 Å². The lowest BCUT2D eigenvalue weighted by molar-refractivity contribution is -0.126. The van der Waals surface area contributed by atoms with E-state index in [1.54, 1.807) is 0 Å². The molecule has 0 aliphatic carbocycles. The summed E-state index contributed by atoms with van der Waals surface area (Å²) in [4.78, 5) is 24.7.